The minimum atomic E-state index is -0.132. The maximum atomic E-state index is 13.3. The van der Waals surface area contributed by atoms with Crippen LogP contribution >= 0.6 is 0 Å². The Hall–Kier alpha value is -3.78. The predicted molar refractivity (Wildman–Crippen MR) is 130 cm³/mol. The van der Waals surface area contributed by atoms with Gasteiger partial charge in [0.2, 0.25) is 6.79 Å². The molecule has 0 saturated carbocycles. The first-order valence-electron chi connectivity index (χ1n) is 11.9. The number of carbonyl (C=O) groups excluding carboxylic acids is 1. The second kappa shape index (κ2) is 9.11. The predicted octanol–water partition coefficient (Wildman–Crippen LogP) is 4.12. The summed E-state index contributed by atoms with van der Waals surface area (Å²) in [5.41, 5.74) is 3.70. The molecule has 1 saturated heterocycles. The van der Waals surface area contributed by atoms with E-state index in [1.54, 1.807) is 12.0 Å². The van der Waals surface area contributed by atoms with Crippen molar-refractivity contribution < 1.29 is 23.7 Å². The fourth-order valence-electron chi connectivity index (χ4n) is 4.83. The van der Waals surface area contributed by atoms with Gasteiger partial charge in [-0.15, -0.1) is 0 Å². The van der Waals surface area contributed by atoms with E-state index in [4.69, 9.17) is 23.9 Å². The topological polar surface area (TPSA) is 73.4 Å². The summed E-state index contributed by atoms with van der Waals surface area (Å²) in [6, 6.07) is 15.2. The Morgan fingerprint density at radius 3 is 2.69 bits per heavy atom. The first-order chi connectivity index (χ1) is 17.2. The van der Waals surface area contributed by atoms with E-state index in [-0.39, 0.29) is 12.7 Å². The van der Waals surface area contributed by atoms with Crippen LogP contribution in [-0.4, -0.2) is 55.9 Å². The second-order valence-electron chi connectivity index (χ2n) is 8.90. The van der Waals surface area contributed by atoms with Gasteiger partial charge in [-0.3, -0.25) is 9.69 Å². The third kappa shape index (κ3) is 4.14. The highest BCUT2D eigenvalue weighted by Crippen LogP contribution is 2.38. The standard InChI is InChI=1S/C27H27N3O5/c1-32-24-15-20(6-9-22(24)33-13-12-29-10-2-3-11-29)30-16-19-4-7-21(28-26(19)27(30)31)18-5-8-23-25(14-18)35-17-34-23/h4-9,14-15H,2-3,10-13,16-17H2,1H3. The number of hydrogen-bond donors (Lipinski definition) is 0. The second-order valence-corrected chi connectivity index (χ2v) is 8.90. The molecule has 1 aromatic heterocycles. The Labute approximate surface area is 204 Å². The Balaban J connectivity index is 1.19. The van der Waals surface area contributed by atoms with Gasteiger partial charge in [0.1, 0.15) is 12.3 Å². The van der Waals surface area contributed by atoms with Gasteiger partial charge in [0, 0.05) is 29.4 Å². The molecular formula is C27H27N3O5. The molecule has 1 fully saturated rings. The van der Waals surface area contributed by atoms with Gasteiger partial charge in [-0.25, -0.2) is 4.98 Å². The highest BCUT2D eigenvalue weighted by molar-refractivity contribution is 6.09. The summed E-state index contributed by atoms with van der Waals surface area (Å²) in [6.45, 7) is 4.47. The highest BCUT2D eigenvalue weighted by atomic mass is 16.7. The molecule has 0 bridgehead atoms. The van der Waals surface area contributed by atoms with Crippen LogP contribution in [0, 0.1) is 0 Å². The highest BCUT2D eigenvalue weighted by Gasteiger charge is 2.31. The third-order valence-electron chi connectivity index (χ3n) is 6.75. The zero-order valence-corrected chi connectivity index (χ0v) is 19.7. The minimum absolute atomic E-state index is 0.132. The molecule has 2 aromatic carbocycles. The molecule has 0 spiro atoms. The number of carbonyl (C=O) groups is 1. The molecule has 3 aliphatic heterocycles. The van der Waals surface area contributed by atoms with Gasteiger partial charge >= 0.3 is 0 Å². The number of rotatable bonds is 7. The normalized spacial score (nSPS) is 16.6. The number of pyridine rings is 1. The van der Waals surface area contributed by atoms with Crippen molar-refractivity contribution >= 4 is 11.6 Å². The molecule has 0 atom stereocenters. The fourth-order valence-corrected chi connectivity index (χ4v) is 4.83. The lowest BCUT2D eigenvalue weighted by molar-refractivity contribution is 0.0992. The van der Waals surface area contributed by atoms with Crippen molar-refractivity contribution in [2.75, 3.05) is 45.0 Å². The number of anilines is 1. The average molecular weight is 474 g/mol. The quantitative estimate of drug-likeness (QED) is 0.511. The van der Waals surface area contributed by atoms with Crippen LogP contribution in [0.25, 0.3) is 11.3 Å². The summed E-state index contributed by atoms with van der Waals surface area (Å²) in [5.74, 6) is 2.57. The molecular weight excluding hydrogens is 446 g/mol. The molecule has 1 amide bonds. The molecule has 3 aliphatic rings. The molecule has 6 rings (SSSR count). The molecule has 0 aliphatic carbocycles. The fraction of sp³-hybridized carbons (Fsp3) is 0.333. The maximum Gasteiger partial charge on any atom is 0.277 e. The van der Waals surface area contributed by atoms with Crippen molar-refractivity contribution in [1.82, 2.24) is 9.88 Å². The molecule has 3 aromatic rings. The number of ether oxygens (including phenoxy) is 4. The summed E-state index contributed by atoms with van der Waals surface area (Å²) in [6.07, 6.45) is 2.52. The minimum Gasteiger partial charge on any atom is -0.493 e. The van der Waals surface area contributed by atoms with E-state index in [2.05, 4.69) is 4.90 Å². The van der Waals surface area contributed by atoms with E-state index in [1.165, 1.54) is 12.8 Å². The Morgan fingerprint density at radius 2 is 1.83 bits per heavy atom. The van der Waals surface area contributed by atoms with Crippen molar-refractivity contribution in [2.24, 2.45) is 0 Å². The van der Waals surface area contributed by atoms with Crippen LogP contribution in [0.4, 0.5) is 5.69 Å². The zero-order chi connectivity index (χ0) is 23.8. The molecule has 0 unspecified atom stereocenters. The zero-order valence-electron chi connectivity index (χ0n) is 19.7. The monoisotopic (exact) mass is 473 g/mol. The molecule has 180 valence electrons. The summed E-state index contributed by atoms with van der Waals surface area (Å²) in [4.78, 5) is 22.1. The summed E-state index contributed by atoms with van der Waals surface area (Å²) < 4.78 is 22.4. The van der Waals surface area contributed by atoms with Crippen molar-refractivity contribution in [3.8, 4) is 34.3 Å². The maximum absolute atomic E-state index is 13.3. The van der Waals surface area contributed by atoms with E-state index < -0.39 is 0 Å². The number of likely N-dealkylation sites (tertiary alicyclic amines) is 1. The van der Waals surface area contributed by atoms with E-state index in [0.29, 0.717) is 36.1 Å². The number of amides is 1. The van der Waals surface area contributed by atoms with Crippen LogP contribution in [-0.2, 0) is 6.54 Å². The number of methoxy groups -OCH3 is 1. The number of aromatic nitrogens is 1. The molecule has 8 heteroatoms. The third-order valence-corrected chi connectivity index (χ3v) is 6.75. The van der Waals surface area contributed by atoms with Crippen molar-refractivity contribution in [3.05, 3.63) is 59.8 Å². The van der Waals surface area contributed by atoms with Crippen LogP contribution in [0.15, 0.2) is 48.5 Å². The number of hydrogen-bond acceptors (Lipinski definition) is 7. The number of fused-ring (bicyclic) bond motifs is 2. The van der Waals surface area contributed by atoms with Crippen LogP contribution in [0.1, 0.15) is 28.9 Å². The largest absolute Gasteiger partial charge is 0.493 e. The van der Waals surface area contributed by atoms with Gasteiger partial charge in [0.15, 0.2) is 23.0 Å². The average Bonchev–Trinajstić information content (AvgIpc) is 3.64. The Kier molecular flexibility index (Phi) is 5.66. The van der Waals surface area contributed by atoms with E-state index in [9.17, 15) is 4.79 Å². The molecule has 0 N–H and O–H groups in total. The molecule has 0 radical (unpaired) electrons. The summed E-state index contributed by atoms with van der Waals surface area (Å²) in [5, 5.41) is 0. The van der Waals surface area contributed by atoms with Crippen molar-refractivity contribution in [2.45, 2.75) is 19.4 Å². The Bertz CT molecular complexity index is 1270. The van der Waals surface area contributed by atoms with Gasteiger partial charge in [0.25, 0.3) is 5.91 Å². The number of nitrogens with zero attached hydrogens (tertiary/aromatic N) is 3. The lowest BCUT2D eigenvalue weighted by Gasteiger charge is -2.19. The van der Waals surface area contributed by atoms with Crippen LogP contribution in [0.2, 0.25) is 0 Å². The Morgan fingerprint density at radius 1 is 0.971 bits per heavy atom. The van der Waals surface area contributed by atoms with Crippen molar-refractivity contribution in [1.29, 1.82) is 0 Å². The van der Waals surface area contributed by atoms with E-state index >= 15 is 0 Å². The van der Waals surface area contributed by atoms with Crippen molar-refractivity contribution in [3.63, 3.8) is 0 Å². The number of benzene rings is 2. The molecule has 35 heavy (non-hydrogen) atoms. The van der Waals surface area contributed by atoms with Crippen LogP contribution < -0.4 is 23.8 Å². The smallest absolute Gasteiger partial charge is 0.277 e. The van der Waals surface area contributed by atoms with Crippen LogP contribution in [0.3, 0.4) is 0 Å². The van der Waals surface area contributed by atoms with Gasteiger partial charge in [-0.2, -0.15) is 0 Å². The lowest BCUT2D eigenvalue weighted by Crippen LogP contribution is -2.25. The van der Waals surface area contributed by atoms with E-state index in [0.717, 1.165) is 47.9 Å². The lowest BCUT2D eigenvalue weighted by atomic mass is 10.1. The first-order valence-corrected chi connectivity index (χ1v) is 11.9. The summed E-state index contributed by atoms with van der Waals surface area (Å²) >= 11 is 0. The van der Waals surface area contributed by atoms with Gasteiger partial charge < -0.3 is 23.8 Å². The van der Waals surface area contributed by atoms with Gasteiger partial charge in [-0.05, 0) is 62.3 Å². The SMILES string of the molecule is COc1cc(N2Cc3ccc(-c4ccc5c(c4)OCO5)nc3C2=O)ccc1OCCN1CCCC1. The van der Waals surface area contributed by atoms with Gasteiger partial charge in [0.05, 0.1) is 19.3 Å². The molecule has 8 nitrogen and oxygen atoms in total. The molecule has 4 heterocycles. The van der Waals surface area contributed by atoms with Gasteiger partial charge in [-0.1, -0.05) is 6.07 Å². The summed E-state index contributed by atoms with van der Waals surface area (Å²) in [7, 11) is 1.62. The first kappa shape index (κ1) is 21.7. The van der Waals surface area contributed by atoms with Crippen LogP contribution in [0.5, 0.6) is 23.0 Å². The van der Waals surface area contributed by atoms with E-state index in [1.807, 2.05) is 48.5 Å².